The summed E-state index contributed by atoms with van der Waals surface area (Å²) >= 11 is 3.24. The maximum atomic E-state index is 11.8. The third-order valence-electron chi connectivity index (χ3n) is 2.24. The van der Waals surface area contributed by atoms with Crippen molar-refractivity contribution in [1.82, 2.24) is 15.6 Å². The Labute approximate surface area is 120 Å². The van der Waals surface area contributed by atoms with Gasteiger partial charge in [0.05, 0.1) is 6.61 Å². The summed E-state index contributed by atoms with van der Waals surface area (Å²) < 4.78 is 5.43. The van der Waals surface area contributed by atoms with Crippen molar-refractivity contribution in [2.24, 2.45) is 0 Å². The van der Waals surface area contributed by atoms with E-state index in [9.17, 15) is 9.59 Å². The molecule has 7 heteroatoms. The molecule has 0 aliphatic rings. The van der Waals surface area contributed by atoms with E-state index in [0.29, 0.717) is 23.3 Å². The molecule has 0 spiro atoms. The van der Waals surface area contributed by atoms with Gasteiger partial charge in [-0.2, -0.15) is 0 Å². The van der Waals surface area contributed by atoms with Gasteiger partial charge in [-0.15, -0.1) is 0 Å². The van der Waals surface area contributed by atoms with E-state index in [1.165, 1.54) is 6.20 Å². The quantitative estimate of drug-likeness (QED) is 0.722. The van der Waals surface area contributed by atoms with E-state index >= 15 is 0 Å². The summed E-state index contributed by atoms with van der Waals surface area (Å²) in [6.45, 7) is 1.20. The van der Waals surface area contributed by atoms with Crippen LogP contribution in [0.2, 0.25) is 0 Å². The number of amides is 2. The van der Waals surface area contributed by atoms with E-state index < -0.39 is 0 Å². The van der Waals surface area contributed by atoms with Crippen molar-refractivity contribution in [1.29, 1.82) is 0 Å². The van der Waals surface area contributed by atoms with E-state index in [0.717, 1.165) is 0 Å². The fourth-order valence-electron chi connectivity index (χ4n) is 1.31. The number of nitrogens with zero attached hydrogens (tertiary/aromatic N) is 1. The highest BCUT2D eigenvalue weighted by Gasteiger charge is 2.10. The molecule has 2 amide bonds. The molecule has 6 nitrogen and oxygen atoms in total. The molecule has 0 fully saturated rings. The normalized spacial score (nSPS) is 10.0. The molecule has 1 aromatic rings. The number of pyridine rings is 1. The van der Waals surface area contributed by atoms with Crippen LogP contribution >= 0.6 is 15.9 Å². The van der Waals surface area contributed by atoms with Crippen molar-refractivity contribution >= 4 is 27.7 Å². The van der Waals surface area contributed by atoms with Crippen molar-refractivity contribution in [3.63, 3.8) is 0 Å². The Morgan fingerprint density at radius 3 is 2.84 bits per heavy atom. The average Bonchev–Trinajstić information content (AvgIpc) is 2.39. The van der Waals surface area contributed by atoms with Crippen molar-refractivity contribution in [3.8, 4) is 0 Å². The molecule has 1 heterocycles. The molecule has 0 aromatic carbocycles. The summed E-state index contributed by atoms with van der Waals surface area (Å²) in [5.74, 6) is -0.436. The highest BCUT2D eigenvalue weighted by atomic mass is 79.9. The van der Waals surface area contributed by atoms with E-state index in [1.807, 2.05) is 0 Å². The molecule has 1 aromatic heterocycles. The van der Waals surface area contributed by atoms with Gasteiger partial charge in [0.15, 0.2) is 0 Å². The third-order valence-corrected chi connectivity index (χ3v) is 2.88. The van der Waals surface area contributed by atoms with E-state index in [4.69, 9.17) is 4.74 Å². The number of halogens is 1. The SMILES string of the molecule is COCCNC(=O)CCNC(=O)c1ncccc1Br. The average molecular weight is 330 g/mol. The molecule has 2 N–H and O–H groups in total. The minimum absolute atomic E-state index is 0.127. The smallest absolute Gasteiger partial charge is 0.271 e. The van der Waals surface area contributed by atoms with E-state index in [1.54, 1.807) is 19.2 Å². The molecule has 19 heavy (non-hydrogen) atoms. The monoisotopic (exact) mass is 329 g/mol. The second kappa shape index (κ2) is 8.60. The van der Waals surface area contributed by atoms with Crippen molar-refractivity contribution in [3.05, 3.63) is 28.5 Å². The first kappa shape index (κ1) is 15.6. The molecular formula is C12H16BrN3O3. The van der Waals surface area contributed by atoms with E-state index in [-0.39, 0.29) is 24.8 Å². The number of carbonyl (C=O) groups is 2. The van der Waals surface area contributed by atoms with Crippen molar-refractivity contribution in [2.75, 3.05) is 26.8 Å². The zero-order valence-corrected chi connectivity index (χ0v) is 12.2. The lowest BCUT2D eigenvalue weighted by Gasteiger charge is -2.06. The van der Waals surface area contributed by atoms with E-state index in [2.05, 4.69) is 31.5 Å². The van der Waals surface area contributed by atoms with Gasteiger partial charge in [0.2, 0.25) is 5.91 Å². The lowest BCUT2D eigenvalue weighted by Crippen LogP contribution is -2.32. The first-order valence-electron chi connectivity index (χ1n) is 5.79. The summed E-state index contributed by atoms with van der Waals surface area (Å²) in [5.41, 5.74) is 0.308. The van der Waals surface area contributed by atoms with Crippen LogP contribution in [0.3, 0.4) is 0 Å². The zero-order valence-electron chi connectivity index (χ0n) is 10.6. The number of rotatable bonds is 7. The summed E-state index contributed by atoms with van der Waals surface area (Å²) in [5, 5.41) is 5.31. The lowest BCUT2D eigenvalue weighted by molar-refractivity contribution is -0.121. The molecule has 0 bridgehead atoms. The van der Waals surface area contributed by atoms with Crippen molar-refractivity contribution in [2.45, 2.75) is 6.42 Å². The standard InChI is InChI=1S/C12H16BrN3O3/c1-19-8-7-14-10(17)4-6-16-12(18)11-9(13)3-2-5-15-11/h2-3,5H,4,6-8H2,1H3,(H,14,17)(H,16,18). The van der Waals surface area contributed by atoms with Crippen LogP contribution in [0, 0.1) is 0 Å². The Hall–Kier alpha value is -1.47. The lowest BCUT2D eigenvalue weighted by atomic mass is 10.3. The van der Waals surface area contributed by atoms with Gasteiger partial charge in [-0.25, -0.2) is 4.98 Å². The maximum absolute atomic E-state index is 11.8. The second-order valence-electron chi connectivity index (χ2n) is 3.68. The molecular weight excluding hydrogens is 314 g/mol. The fraction of sp³-hybridized carbons (Fsp3) is 0.417. The van der Waals surface area contributed by atoms with Gasteiger partial charge in [0.1, 0.15) is 5.69 Å². The first-order chi connectivity index (χ1) is 9.15. The molecule has 0 atom stereocenters. The second-order valence-corrected chi connectivity index (χ2v) is 4.54. The van der Waals surface area contributed by atoms with Crippen LogP contribution in [0.15, 0.2) is 22.8 Å². The molecule has 0 aliphatic heterocycles. The van der Waals surface area contributed by atoms with Crippen LogP contribution in [0.4, 0.5) is 0 Å². The number of methoxy groups -OCH3 is 1. The highest BCUT2D eigenvalue weighted by molar-refractivity contribution is 9.10. The number of hydrogen-bond acceptors (Lipinski definition) is 4. The zero-order chi connectivity index (χ0) is 14.1. The van der Waals surface area contributed by atoms with Crippen LogP contribution in [-0.2, 0) is 9.53 Å². The van der Waals surface area contributed by atoms with Crippen LogP contribution in [0.1, 0.15) is 16.9 Å². The molecule has 0 saturated heterocycles. The third kappa shape index (κ3) is 5.80. The predicted molar refractivity (Wildman–Crippen MR) is 73.8 cm³/mol. The largest absolute Gasteiger partial charge is 0.383 e. The Bertz CT molecular complexity index is 440. The fourth-order valence-corrected chi connectivity index (χ4v) is 1.74. The minimum Gasteiger partial charge on any atom is -0.383 e. The number of carbonyl (C=O) groups excluding carboxylic acids is 2. The van der Waals surface area contributed by atoms with Crippen molar-refractivity contribution < 1.29 is 14.3 Å². The minimum atomic E-state index is -0.308. The molecule has 104 valence electrons. The van der Waals surface area contributed by atoms with Gasteiger partial charge < -0.3 is 15.4 Å². The summed E-state index contributed by atoms with van der Waals surface area (Å²) in [6.07, 6.45) is 1.76. The van der Waals surface area contributed by atoms with Crippen LogP contribution in [0.25, 0.3) is 0 Å². The summed E-state index contributed by atoms with van der Waals surface area (Å²) in [6, 6.07) is 3.46. The molecule has 1 rings (SSSR count). The Balaban J connectivity index is 2.28. The maximum Gasteiger partial charge on any atom is 0.271 e. The Kier molecular flexibility index (Phi) is 7.06. The van der Waals surface area contributed by atoms with Crippen LogP contribution < -0.4 is 10.6 Å². The summed E-state index contributed by atoms with van der Waals surface area (Å²) in [4.78, 5) is 27.1. The number of hydrogen-bond donors (Lipinski definition) is 2. The van der Waals surface area contributed by atoms with Crippen LogP contribution in [-0.4, -0.2) is 43.6 Å². The first-order valence-corrected chi connectivity index (χ1v) is 6.58. The molecule has 0 radical (unpaired) electrons. The summed E-state index contributed by atoms with van der Waals surface area (Å²) in [7, 11) is 1.57. The molecule has 0 saturated carbocycles. The topological polar surface area (TPSA) is 80.3 Å². The van der Waals surface area contributed by atoms with Gasteiger partial charge in [-0.05, 0) is 28.1 Å². The Morgan fingerprint density at radius 2 is 2.16 bits per heavy atom. The highest BCUT2D eigenvalue weighted by Crippen LogP contribution is 2.12. The van der Waals surface area contributed by atoms with Gasteiger partial charge in [-0.1, -0.05) is 0 Å². The molecule has 0 unspecified atom stereocenters. The number of aromatic nitrogens is 1. The van der Waals surface area contributed by atoms with Gasteiger partial charge >= 0.3 is 0 Å². The van der Waals surface area contributed by atoms with Gasteiger partial charge in [0.25, 0.3) is 5.91 Å². The van der Waals surface area contributed by atoms with Crippen LogP contribution in [0.5, 0.6) is 0 Å². The van der Waals surface area contributed by atoms with Gasteiger partial charge in [0, 0.05) is 37.3 Å². The number of nitrogens with one attached hydrogen (secondary N) is 2. The molecule has 0 aliphatic carbocycles. The number of ether oxygens (including phenoxy) is 1. The predicted octanol–water partition coefficient (Wildman–Crippen LogP) is 0.727. The Morgan fingerprint density at radius 1 is 1.37 bits per heavy atom. The van der Waals surface area contributed by atoms with Gasteiger partial charge in [-0.3, -0.25) is 9.59 Å².